The van der Waals surface area contributed by atoms with E-state index in [-0.39, 0.29) is 11.8 Å². The lowest BCUT2D eigenvalue weighted by Crippen LogP contribution is -2.27. The van der Waals surface area contributed by atoms with E-state index in [1.165, 1.54) is 0 Å². The predicted octanol–water partition coefficient (Wildman–Crippen LogP) is 2.05. The number of nitrogens with two attached hydrogens (primary N) is 1. The van der Waals surface area contributed by atoms with Crippen LogP contribution in [0, 0.1) is 0 Å². The van der Waals surface area contributed by atoms with Gasteiger partial charge in [-0.05, 0) is 41.3 Å². The highest BCUT2D eigenvalue weighted by Crippen LogP contribution is 2.15. The Hall–Kier alpha value is -1.30. The zero-order valence-electron chi connectivity index (χ0n) is 11.1. The summed E-state index contributed by atoms with van der Waals surface area (Å²) in [6.07, 6.45) is 4.71. The quantitative estimate of drug-likeness (QED) is 0.716. The highest BCUT2D eigenvalue weighted by Gasteiger charge is 2.11. The summed E-state index contributed by atoms with van der Waals surface area (Å²) in [5, 5.41) is 2.85. The maximum absolute atomic E-state index is 12.0. The van der Waals surface area contributed by atoms with Crippen LogP contribution in [0.4, 0.5) is 0 Å². The minimum Gasteiger partial charge on any atom is -0.370 e. The van der Waals surface area contributed by atoms with Gasteiger partial charge in [-0.2, -0.15) is 0 Å². The fourth-order valence-corrected chi connectivity index (χ4v) is 2.27. The molecule has 1 heterocycles. The minimum absolute atomic E-state index is 0.0850. The number of primary amides is 1. The molecule has 0 unspecified atom stereocenters. The summed E-state index contributed by atoms with van der Waals surface area (Å²) < 4.78 is 2.84. The maximum Gasteiger partial charge on any atom is 0.267 e. The normalized spacial score (nSPS) is 10.4. The van der Waals surface area contributed by atoms with E-state index in [0.29, 0.717) is 25.1 Å². The Balaban J connectivity index is 2.42. The highest BCUT2D eigenvalue weighted by atomic mass is 79.9. The maximum atomic E-state index is 12.0. The van der Waals surface area contributed by atoms with Crippen molar-refractivity contribution >= 4 is 27.7 Å². The molecule has 0 aliphatic rings. The average molecular weight is 330 g/mol. The number of rotatable bonds is 8. The lowest BCUT2D eigenvalue weighted by Gasteiger charge is -2.08. The Morgan fingerprint density at radius 3 is 2.79 bits per heavy atom. The van der Waals surface area contributed by atoms with Crippen LogP contribution in [-0.4, -0.2) is 22.9 Å². The fraction of sp³-hybridized carbons (Fsp3) is 0.538. The second-order valence-corrected chi connectivity index (χ2v) is 5.33. The first kappa shape index (κ1) is 15.8. The lowest BCUT2D eigenvalue weighted by molar-refractivity contribution is -0.118. The first-order valence-corrected chi connectivity index (χ1v) is 7.26. The fourth-order valence-electron chi connectivity index (χ4n) is 1.81. The van der Waals surface area contributed by atoms with Crippen LogP contribution in [0.2, 0.25) is 0 Å². The summed E-state index contributed by atoms with van der Waals surface area (Å²) in [6, 6.07) is 1.81. The van der Waals surface area contributed by atoms with Crippen molar-refractivity contribution in [2.75, 3.05) is 6.54 Å². The molecule has 0 aliphatic carbocycles. The van der Waals surface area contributed by atoms with Crippen molar-refractivity contribution in [3.8, 4) is 0 Å². The molecule has 1 aromatic heterocycles. The molecule has 0 fully saturated rings. The van der Waals surface area contributed by atoms with Gasteiger partial charge in [0.15, 0.2) is 0 Å². The monoisotopic (exact) mass is 329 g/mol. The molecule has 0 saturated heterocycles. The molecule has 0 bridgehead atoms. The molecule has 3 N–H and O–H groups in total. The van der Waals surface area contributed by atoms with E-state index >= 15 is 0 Å². The number of amides is 2. The molecule has 0 aliphatic heterocycles. The standard InChI is InChI=1S/C13H20BrN3O2/c1-2-7-17-9-10(14)8-11(17)13(19)16-6-4-3-5-12(15)18/h8-9H,2-7H2,1H3,(H2,15,18)(H,16,19). The molecule has 6 heteroatoms. The Morgan fingerprint density at radius 2 is 2.16 bits per heavy atom. The summed E-state index contributed by atoms with van der Waals surface area (Å²) >= 11 is 3.38. The van der Waals surface area contributed by atoms with E-state index in [9.17, 15) is 9.59 Å². The number of aromatic nitrogens is 1. The summed E-state index contributed by atoms with van der Waals surface area (Å²) in [6.45, 7) is 3.44. The SMILES string of the molecule is CCCn1cc(Br)cc1C(=O)NCCCCC(N)=O. The van der Waals surface area contributed by atoms with Crippen LogP contribution < -0.4 is 11.1 Å². The number of carbonyl (C=O) groups excluding carboxylic acids is 2. The predicted molar refractivity (Wildman–Crippen MR) is 77.8 cm³/mol. The Morgan fingerprint density at radius 1 is 1.42 bits per heavy atom. The number of hydrogen-bond donors (Lipinski definition) is 2. The molecule has 1 rings (SSSR count). The molecule has 19 heavy (non-hydrogen) atoms. The van der Waals surface area contributed by atoms with Gasteiger partial charge in [0.2, 0.25) is 5.91 Å². The first-order chi connectivity index (χ1) is 9.04. The number of hydrogen-bond acceptors (Lipinski definition) is 2. The van der Waals surface area contributed by atoms with Crippen molar-refractivity contribution in [1.82, 2.24) is 9.88 Å². The molecular formula is C13H20BrN3O2. The number of nitrogens with zero attached hydrogens (tertiary/aromatic N) is 1. The molecule has 2 amide bonds. The van der Waals surface area contributed by atoms with Crippen molar-refractivity contribution in [3.05, 3.63) is 22.4 Å². The van der Waals surface area contributed by atoms with Gasteiger partial charge in [0.1, 0.15) is 5.69 Å². The molecule has 106 valence electrons. The molecule has 1 aromatic rings. The molecular weight excluding hydrogens is 310 g/mol. The van der Waals surface area contributed by atoms with Gasteiger partial charge in [0, 0.05) is 30.2 Å². The molecule has 0 radical (unpaired) electrons. The van der Waals surface area contributed by atoms with E-state index in [0.717, 1.165) is 23.9 Å². The third kappa shape index (κ3) is 5.46. The largest absolute Gasteiger partial charge is 0.370 e. The Kier molecular flexibility index (Phi) is 6.62. The molecule has 0 atom stereocenters. The molecule has 0 spiro atoms. The minimum atomic E-state index is -0.299. The summed E-state index contributed by atoms with van der Waals surface area (Å²) in [7, 11) is 0. The van der Waals surface area contributed by atoms with Gasteiger partial charge in [-0.3, -0.25) is 9.59 Å². The van der Waals surface area contributed by atoms with Crippen LogP contribution in [0.3, 0.4) is 0 Å². The molecule has 5 nitrogen and oxygen atoms in total. The Labute approximate surface area is 121 Å². The number of aryl methyl sites for hydroxylation is 1. The summed E-state index contributed by atoms with van der Waals surface area (Å²) in [4.78, 5) is 22.6. The molecule has 0 aromatic carbocycles. The molecule has 0 saturated carbocycles. The number of unbranched alkanes of at least 4 members (excludes halogenated alkanes) is 1. The lowest BCUT2D eigenvalue weighted by atomic mass is 10.2. The van der Waals surface area contributed by atoms with Crippen LogP contribution in [0.1, 0.15) is 43.1 Å². The van der Waals surface area contributed by atoms with Crippen LogP contribution in [-0.2, 0) is 11.3 Å². The third-order valence-electron chi connectivity index (χ3n) is 2.70. The van der Waals surface area contributed by atoms with Gasteiger partial charge >= 0.3 is 0 Å². The van der Waals surface area contributed by atoms with Crippen molar-refractivity contribution in [2.24, 2.45) is 5.73 Å². The van der Waals surface area contributed by atoms with Gasteiger partial charge in [0.25, 0.3) is 5.91 Å². The van der Waals surface area contributed by atoms with Crippen molar-refractivity contribution < 1.29 is 9.59 Å². The smallest absolute Gasteiger partial charge is 0.267 e. The highest BCUT2D eigenvalue weighted by molar-refractivity contribution is 9.10. The van der Waals surface area contributed by atoms with Crippen LogP contribution in [0.25, 0.3) is 0 Å². The number of carbonyl (C=O) groups is 2. The van der Waals surface area contributed by atoms with Gasteiger partial charge in [-0.15, -0.1) is 0 Å². The van der Waals surface area contributed by atoms with Crippen molar-refractivity contribution in [3.63, 3.8) is 0 Å². The van der Waals surface area contributed by atoms with E-state index < -0.39 is 0 Å². The van der Waals surface area contributed by atoms with Gasteiger partial charge in [-0.25, -0.2) is 0 Å². The first-order valence-electron chi connectivity index (χ1n) is 6.46. The van der Waals surface area contributed by atoms with E-state index in [2.05, 4.69) is 28.2 Å². The van der Waals surface area contributed by atoms with Gasteiger partial charge in [-0.1, -0.05) is 6.92 Å². The number of halogens is 1. The van der Waals surface area contributed by atoms with E-state index in [4.69, 9.17) is 5.73 Å². The third-order valence-corrected chi connectivity index (χ3v) is 3.13. The van der Waals surface area contributed by atoms with Crippen LogP contribution in [0.5, 0.6) is 0 Å². The van der Waals surface area contributed by atoms with E-state index in [1.807, 2.05) is 16.8 Å². The van der Waals surface area contributed by atoms with Crippen molar-refractivity contribution in [1.29, 1.82) is 0 Å². The summed E-state index contributed by atoms with van der Waals surface area (Å²) in [5.74, 6) is -0.384. The summed E-state index contributed by atoms with van der Waals surface area (Å²) in [5.41, 5.74) is 5.70. The number of nitrogens with one attached hydrogen (secondary N) is 1. The topological polar surface area (TPSA) is 77.1 Å². The second-order valence-electron chi connectivity index (χ2n) is 4.42. The van der Waals surface area contributed by atoms with Gasteiger partial charge in [0.05, 0.1) is 0 Å². The average Bonchev–Trinajstić information content (AvgIpc) is 2.70. The van der Waals surface area contributed by atoms with Crippen LogP contribution in [0.15, 0.2) is 16.7 Å². The zero-order valence-corrected chi connectivity index (χ0v) is 12.7. The van der Waals surface area contributed by atoms with E-state index in [1.54, 1.807) is 0 Å². The Bertz CT molecular complexity index is 443. The van der Waals surface area contributed by atoms with Crippen molar-refractivity contribution in [2.45, 2.75) is 39.2 Å². The zero-order chi connectivity index (χ0) is 14.3. The van der Waals surface area contributed by atoms with Gasteiger partial charge < -0.3 is 15.6 Å². The van der Waals surface area contributed by atoms with Crippen LogP contribution >= 0.6 is 15.9 Å². The second kappa shape index (κ2) is 7.99.